The predicted octanol–water partition coefficient (Wildman–Crippen LogP) is 1.35. The SMILES string of the molecule is Cc1cc(C)c(S(=O)(=O)N2CCN[C@H](C)C2)s1. The molecule has 4 nitrogen and oxygen atoms in total. The van der Waals surface area contributed by atoms with Crippen LogP contribution in [0.5, 0.6) is 0 Å². The maximum atomic E-state index is 12.5. The summed E-state index contributed by atoms with van der Waals surface area (Å²) in [5.74, 6) is 0. The second-order valence-corrected chi connectivity index (χ2v) is 7.94. The highest BCUT2D eigenvalue weighted by atomic mass is 32.2. The molecule has 0 radical (unpaired) electrons. The average molecular weight is 274 g/mol. The van der Waals surface area contributed by atoms with Crippen molar-refractivity contribution in [3.63, 3.8) is 0 Å². The van der Waals surface area contributed by atoms with Crippen molar-refractivity contribution >= 4 is 21.4 Å². The van der Waals surface area contributed by atoms with Crippen molar-refractivity contribution in [2.24, 2.45) is 0 Å². The Labute approximate surface area is 107 Å². The number of hydrogen-bond donors (Lipinski definition) is 1. The van der Waals surface area contributed by atoms with Gasteiger partial charge in [0.25, 0.3) is 10.0 Å². The zero-order valence-corrected chi connectivity index (χ0v) is 12.0. The fourth-order valence-electron chi connectivity index (χ4n) is 2.11. The third-order valence-corrected chi connectivity index (χ3v) is 6.53. The van der Waals surface area contributed by atoms with Crippen LogP contribution in [-0.2, 0) is 10.0 Å². The van der Waals surface area contributed by atoms with Crippen molar-refractivity contribution in [2.75, 3.05) is 19.6 Å². The van der Waals surface area contributed by atoms with Crippen molar-refractivity contribution in [1.82, 2.24) is 9.62 Å². The van der Waals surface area contributed by atoms with E-state index in [0.717, 1.165) is 17.0 Å². The summed E-state index contributed by atoms with van der Waals surface area (Å²) < 4.78 is 27.0. The van der Waals surface area contributed by atoms with Gasteiger partial charge in [0, 0.05) is 30.6 Å². The Balaban J connectivity index is 2.33. The van der Waals surface area contributed by atoms with E-state index >= 15 is 0 Å². The van der Waals surface area contributed by atoms with Gasteiger partial charge in [-0.3, -0.25) is 0 Å². The molecule has 0 amide bonds. The third-order valence-electron chi connectivity index (χ3n) is 2.90. The Kier molecular flexibility index (Phi) is 3.58. The first-order valence-electron chi connectivity index (χ1n) is 5.72. The van der Waals surface area contributed by atoms with Crippen LogP contribution in [0.4, 0.5) is 0 Å². The number of sulfonamides is 1. The van der Waals surface area contributed by atoms with E-state index in [1.54, 1.807) is 4.31 Å². The molecule has 1 aliphatic rings. The number of nitrogens with zero attached hydrogens (tertiary/aromatic N) is 1. The first-order valence-corrected chi connectivity index (χ1v) is 7.97. The Morgan fingerprint density at radius 1 is 1.47 bits per heavy atom. The quantitative estimate of drug-likeness (QED) is 0.885. The van der Waals surface area contributed by atoms with E-state index in [1.165, 1.54) is 11.3 Å². The Bertz CT molecular complexity index is 508. The van der Waals surface area contributed by atoms with Crippen LogP contribution in [0.1, 0.15) is 17.4 Å². The topological polar surface area (TPSA) is 49.4 Å². The van der Waals surface area contributed by atoms with Crippen LogP contribution in [0.2, 0.25) is 0 Å². The van der Waals surface area contributed by atoms with Crippen LogP contribution in [-0.4, -0.2) is 38.4 Å². The van der Waals surface area contributed by atoms with E-state index in [0.29, 0.717) is 17.3 Å². The summed E-state index contributed by atoms with van der Waals surface area (Å²) in [5, 5.41) is 3.25. The molecule has 0 aliphatic carbocycles. The van der Waals surface area contributed by atoms with Crippen molar-refractivity contribution < 1.29 is 8.42 Å². The molecule has 2 heterocycles. The maximum absolute atomic E-state index is 12.5. The molecule has 1 N–H and O–H groups in total. The zero-order chi connectivity index (χ0) is 12.6. The minimum absolute atomic E-state index is 0.222. The van der Waals surface area contributed by atoms with Gasteiger partial charge in [0.15, 0.2) is 0 Å². The lowest BCUT2D eigenvalue weighted by atomic mass is 10.3. The molecule has 0 aromatic carbocycles. The summed E-state index contributed by atoms with van der Waals surface area (Å²) in [7, 11) is -3.29. The van der Waals surface area contributed by atoms with Crippen LogP contribution in [0.25, 0.3) is 0 Å². The van der Waals surface area contributed by atoms with Crippen LogP contribution in [0, 0.1) is 13.8 Å². The van der Waals surface area contributed by atoms with Gasteiger partial charge >= 0.3 is 0 Å². The molecule has 0 saturated carbocycles. The highest BCUT2D eigenvalue weighted by Gasteiger charge is 2.30. The van der Waals surface area contributed by atoms with E-state index < -0.39 is 10.0 Å². The summed E-state index contributed by atoms with van der Waals surface area (Å²) in [6, 6.07) is 2.16. The van der Waals surface area contributed by atoms with Crippen LogP contribution in [0.3, 0.4) is 0 Å². The Morgan fingerprint density at radius 3 is 2.71 bits per heavy atom. The van der Waals surface area contributed by atoms with Gasteiger partial charge in [0.1, 0.15) is 4.21 Å². The molecule has 1 saturated heterocycles. The van der Waals surface area contributed by atoms with Crippen molar-refractivity contribution in [3.05, 3.63) is 16.5 Å². The van der Waals surface area contributed by atoms with Gasteiger partial charge in [-0.1, -0.05) is 0 Å². The third kappa shape index (κ3) is 2.54. The van der Waals surface area contributed by atoms with Gasteiger partial charge in [-0.15, -0.1) is 11.3 Å². The lowest BCUT2D eigenvalue weighted by Crippen LogP contribution is -2.51. The summed E-state index contributed by atoms with van der Waals surface area (Å²) in [4.78, 5) is 1.05. The lowest BCUT2D eigenvalue weighted by molar-refractivity contribution is 0.310. The van der Waals surface area contributed by atoms with Crippen molar-refractivity contribution in [3.8, 4) is 0 Å². The minimum Gasteiger partial charge on any atom is -0.312 e. The molecule has 96 valence electrons. The van der Waals surface area contributed by atoms with E-state index in [-0.39, 0.29) is 6.04 Å². The number of hydrogen-bond acceptors (Lipinski definition) is 4. The number of rotatable bonds is 2. The minimum atomic E-state index is -3.29. The van der Waals surface area contributed by atoms with E-state index in [1.807, 2.05) is 26.8 Å². The molecule has 1 atom stereocenters. The predicted molar refractivity (Wildman–Crippen MR) is 70.0 cm³/mol. The molecule has 0 bridgehead atoms. The van der Waals surface area contributed by atoms with E-state index in [4.69, 9.17) is 0 Å². The summed E-state index contributed by atoms with van der Waals surface area (Å²) >= 11 is 1.37. The highest BCUT2D eigenvalue weighted by Crippen LogP contribution is 2.29. The maximum Gasteiger partial charge on any atom is 0.252 e. The Hall–Kier alpha value is -0.430. The first-order chi connectivity index (χ1) is 7.91. The van der Waals surface area contributed by atoms with Crippen LogP contribution in [0.15, 0.2) is 10.3 Å². The molecular formula is C11H18N2O2S2. The molecule has 6 heteroatoms. The zero-order valence-electron chi connectivity index (χ0n) is 10.4. The normalized spacial score (nSPS) is 22.9. The second-order valence-electron chi connectivity index (χ2n) is 4.55. The standard InChI is InChI=1S/C11H18N2O2S2/c1-8-6-10(3)16-11(8)17(14,15)13-5-4-12-9(2)7-13/h6,9,12H,4-5,7H2,1-3H3/t9-/m1/s1. The van der Waals surface area contributed by atoms with Crippen LogP contribution < -0.4 is 5.32 Å². The number of piperazine rings is 1. The summed E-state index contributed by atoms with van der Waals surface area (Å²) in [6.45, 7) is 7.65. The van der Waals surface area contributed by atoms with Gasteiger partial charge in [-0.2, -0.15) is 4.31 Å². The smallest absolute Gasteiger partial charge is 0.252 e. The highest BCUT2D eigenvalue weighted by molar-refractivity contribution is 7.91. The molecule has 17 heavy (non-hydrogen) atoms. The number of thiophene rings is 1. The van der Waals surface area contributed by atoms with Crippen molar-refractivity contribution in [2.45, 2.75) is 31.0 Å². The van der Waals surface area contributed by atoms with Crippen molar-refractivity contribution in [1.29, 1.82) is 0 Å². The van der Waals surface area contributed by atoms with Gasteiger partial charge in [-0.25, -0.2) is 8.42 Å². The van der Waals surface area contributed by atoms with Crippen LogP contribution >= 0.6 is 11.3 Å². The molecule has 0 unspecified atom stereocenters. The van der Waals surface area contributed by atoms with Gasteiger partial charge in [0.2, 0.25) is 0 Å². The number of aryl methyl sites for hydroxylation is 2. The van der Waals surface area contributed by atoms with Gasteiger partial charge in [-0.05, 0) is 32.4 Å². The molecule has 0 spiro atoms. The molecule has 2 rings (SSSR count). The van der Waals surface area contributed by atoms with Gasteiger partial charge < -0.3 is 5.32 Å². The Morgan fingerprint density at radius 2 is 2.18 bits per heavy atom. The molecule has 1 aromatic rings. The molecule has 1 aromatic heterocycles. The van der Waals surface area contributed by atoms with E-state index in [9.17, 15) is 8.42 Å². The lowest BCUT2D eigenvalue weighted by Gasteiger charge is -2.30. The van der Waals surface area contributed by atoms with E-state index in [2.05, 4.69) is 5.32 Å². The monoisotopic (exact) mass is 274 g/mol. The average Bonchev–Trinajstić information content (AvgIpc) is 2.58. The van der Waals surface area contributed by atoms with Gasteiger partial charge in [0.05, 0.1) is 0 Å². The largest absolute Gasteiger partial charge is 0.312 e. The fraction of sp³-hybridized carbons (Fsp3) is 0.636. The summed E-state index contributed by atoms with van der Waals surface area (Å²) in [6.07, 6.45) is 0. The first kappa shape index (κ1) is 13.0. The molecular weight excluding hydrogens is 256 g/mol. The molecule has 1 aliphatic heterocycles. The fourth-order valence-corrected chi connectivity index (χ4v) is 5.44. The second kappa shape index (κ2) is 4.68. The number of nitrogens with one attached hydrogen (secondary N) is 1. The summed E-state index contributed by atoms with van der Waals surface area (Å²) in [5.41, 5.74) is 0.860. The molecule has 1 fully saturated rings.